The Bertz CT molecular complexity index is 821. The van der Waals surface area contributed by atoms with Crippen molar-refractivity contribution in [3.63, 3.8) is 0 Å². The van der Waals surface area contributed by atoms with Crippen LogP contribution in [0.4, 0.5) is 8.78 Å². The van der Waals surface area contributed by atoms with E-state index in [-0.39, 0.29) is 11.6 Å². The summed E-state index contributed by atoms with van der Waals surface area (Å²) in [6, 6.07) is 11.6. The van der Waals surface area contributed by atoms with Gasteiger partial charge in [0.05, 0.1) is 10.9 Å². The molecule has 1 atom stereocenters. The Morgan fingerprint density at radius 2 is 1.58 bits per heavy atom. The van der Waals surface area contributed by atoms with Crippen LogP contribution < -0.4 is 5.32 Å². The van der Waals surface area contributed by atoms with Crippen molar-refractivity contribution < 1.29 is 22.0 Å². The molecular formula is C16H14BrF2NO3S. The van der Waals surface area contributed by atoms with Crippen molar-refractivity contribution in [1.29, 1.82) is 0 Å². The molecule has 2 aromatic carbocycles. The normalized spacial score (nSPS) is 12.9. The number of carbonyl (C=O) groups is 1. The zero-order valence-corrected chi connectivity index (χ0v) is 14.9. The van der Waals surface area contributed by atoms with E-state index in [4.69, 9.17) is 0 Å². The molecule has 0 heterocycles. The number of rotatable bonds is 5. The summed E-state index contributed by atoms with van der Waals surface area (Å²) >= 11 is 3.33. The van der Waals surface area contributed by atoms with Gasteiger partial charge in [0.2, 0.25) is 9.84 Å². The van der Waals surface area contributed by atoms with Crippen LogP contribution in [0, 0.1) is 0 Å². The summed E-state index contributed by atoms with van der Waals surface area (Å²) in [6.45, 7) is 1.80. The van der Waals surface area contributed by atoms with Gasteiger partial charge in [-0.15, -0.1) is 0 Å². The van der Waals surface area contributed by atoms with Gasteiger partial charge in [-0.05, 0) is 48.9 Å². The van der Waals surface area contributed by atoms with Gasteiger partial charge >= 0.3 is 5.76 Å². The summed E-state index contributed by atoms with van der Waals surface area (Å²) in [5.74, 6) is -3.92. The fourth-order valence-corrected chi connectivity index (χ4v) is 3.00. The van der Waals surface area contributed by atoms with E-state index >= 15 is 0 Å². The molecule has 0 radical (unpaired) electrons. The molecule has 0 aliphatic rings. The lowest BCUT2D eigenvalue weighted by Gasteiger charge is -2.14. The zero-order valence-electron chi connectivity index (χ0n) is 12.5. The molecule has 4 nitrogen and oxygen atoms in total. The highest BCUT2D eigenvalue weighted by Crippen LogP contribution is 2.20. The van der Waals surface area contributed by atoms with Crippen molar-refractivity contribution in [2.24, 2.45) is 0 Å². The highest BCUT2D eigenvalue weighted by molar-refractivity contribution is 9.10. The van der Waals surface area contributed by atoms with Gasteiger partial charge < -0.3 is 5.32 Å². The van der Waals surface area contributed by atoms with E-state index in [1.807, 2.05) is 24.3 Å². The Balaban J connectivity index is 2.11. The summed E-state index contributed by atoms with van der Waals surface area (Å²) in [7, 11) is -4.66. The van der Waals surface area contributed by atoms with E-state index < -0.39 is 26.4 Å². The molecule has 0 saturated heterocycles. The van der Waals surface area contributed by atoms with Crippen LogP contribution in [0.25, 0.3) is 0 Å². The van der Waals surface area contributed by atoms with Crippen LogP contribution in [-0.2, 0) is 9.84 Å². The van der Waals surface area contributed by atoms with E-state index in [0.29, 0.717) is 0 Å². The number of hydrogen-bond acceptors (Lipinski definition) is 3. The van der Waals surface area contributed by atoms with Crippen molar-refractivity contribution in [2.45, 2.75) is 23.6 Å². The molecule has 0 fully saturated rings. The topological polar surface area (TPSA) is 63.2 Å². The minimum atomic E-state index is -4.66. The molecule has 0 aliphatic carbocycles. The maximum atomic E-state index is 12.5. The molecule has 2 rings (SSSR count). The van der Waals surface area contributed by atoms with Gasteiger partial charge in [-0.25, -0.2) is 8.42 Å². The van der Waals surface area contributed by atoms with Crippen LogP contribution in [0.3, 0.4) is 0 Å². The molecule has 24 heavy (non-hydrogen) atoms. The van der Waals surface area contributed by atoms with Crippen LogP contribution in [0.15, 0.2) is 57.9 Å². The maximum absolute atomic E-state index is 12.5. The Hall–Kier alpha value is -1.80. The molecule has 2 aromatic rings. The largest absolute Gasteiger partial charge is 0.346 e. The number of halogens is 3. The van der Waals surface area contributed by atoms with Gasteiger partial charge in [-0.1, -0.05) is 28.1 Å². The first-order chi connectivity index (χ1) is 11.2. The Labute approximate surface area is 146 Å². The number of benzene rings is 2. The summed E-state index contributed by atoms with van der Waals surface area (Å²) < 4.78 is 48.6. The third-order valence-corrected chi connectivity index (χ3v) is 5.32. The summed E-state index contributed by atoms with van der Waals surface area (Å²) in [4.78, 5) is 11.7. The number of alkyl halides is 2. The smallest absolute Gasteiger partial charge is 0.341 e. The number of amides is 1. The Morgan fingerprint density at radius 1 is 1.04 bits per heavy atom. The fraction of sp³-hybridized carbons (Fsp3) is 0.188. The monoisotopic (exact) mass is 417 g/mol. The van der Waals surface area contributed by atoms with Crippen LogP contribution in [0.5, 0.6) is 0 Å². The standard InChI is InChI=1S/C16H14BrF2NO3S/c1-10(11-2-6-13(17)7-3-11)20-15(21)12-4-8-14(9-5-12)24(22,23)16(18)19/h2-10,16H,1H3,(H,20,21). The zero-order chi connectivity index (χ0) is 17.9. The maximum Gasteiger partial charge on any atom is 0.341 e. The Kier molecular flexibility index (Phi) is 5.71. The van der Waals surface area contributed by atoms with E-state index in [1.165, 1.54) is 12.1 Å². The van der Waals surface area contributed by atoms with Crippen molar-refractivity contribution in [3.8, 4) is 0 Å². The van der Waals surface area contributed by atoms with Crippen LogP contribution in [0.1, 0.15) is 28.9 Å². The van der Waals surface area contributed by atoms with Crippen LogP contribution >= 0.6 is 15.9 Å². The molecule has 1 N–H and O–H groups in total. The molecule has 1 unspecified atom stereocenters. The summed E-state index contributed by atoms with van der Waals surface area (Å²) in [5, 5.41) is 2.76. The predicted molar refractivity (Wildman–Crippen MR) is 89.7 cm³/mol. The van der Waals surface area contributed by atoms with E-state index in [0.717, 1.165) is 22.2 Å². The predicted octanol–water partition coefficient (Wildman–Crippen LogP) is 3.94. The highest BCUT2D eigenvalue weighted by Gasteiger charge is 2.26. The van der Waals surface area contributed by atoms with Crippen molar-refractivity contribution in [2.75, 3.05) is 0 Å². The average molecular weight is 418 g/mol. The number of sulfone groups is 1. The molecular weight excluding hydrogens is 404 g/mol. The van der Waals surface area contributed by atoms with Crippen molar-refractivity contribution in [1.82, 2.24) is 5.32 Å². The first-order valence-electron chi connectivity index (χ1n) is 6.90. The second kappa shape index (κ2) is 7.40. The van der Waals surface area contributed by atoms with Gasteiger partial charge in [-0.3, -0.25) is 4.79 Å². The van der Waals surface area contributed by atoms with E-state index in [9.17, 15) is 22.0 Å². The molecule has 0 spiro atoms. The Morgan fingerprint density at radius 3 is 2.08 bits per heavy atom. The van der Waals surface area contributed by atoms with Gasteiger partial charge in [-0.2, -0.15) is 8.78 Å². The molecule has 128 valence electrons. The molecule has 0 bridgehead atoms. The molecule has 0 aliphatic heterocycles. The van der Waals surface area contributed by atoms with Crippen LogP contribution in [0.2, 0.25) is 0 Å². The third kappa shape index (κ3) is 4.18. The average Bonchev–Trinajstić information content (AvgIpc) is 2.55. The highest BCUT2D eigenvalue weighted by atomic mass is 79.9. The van der Waals surface area contributed by atoms with Gasteiger partial charge in [0, 0.05) is 10.0 Å². The van der Waals surface area contributed by atoms with E-state index in [1.54, 1.807) is 6.92 Å². The second-order valence-electron chi connectivity index (χ2n) is 5.08. The minimum absolute atomic E-state index is 0.187. The van der Waals surface area contributed by atoms with E-state index in [2.05, 4.69) is 21.2 Å². The van der Waals surface area contributed by atoms with Gasteiger partial charge in [0.1, 0.15) is 0 Å². The lowest BCUT2D eigenvalue weighted by atomic mass is 10.1. The van der Waals surface area contributed by atoms with Gasteiger partial charge in [0.15, 0.2) is 0 Å². The first kappa shape index (κ1) is 18.5. The van der Waals surface area contributed by atoms with Crippen LogP contribution in [-0.4, -0.2) is 20.1 Å². The quantitative estimate of drug-likeness (QED) is 0.801. The second-order valence-corrected chi connectivity index (χ2v) is 7.91. The van der Waals surface area contributed by atoms with Gasteiger partial charge in [0.25, 0.3) is 5.91 Å². The number of nitrogens with one attached hydrogen (secondary N) is 1. The summed E-state index contributed by atoms with van der Waals surface area (Å²) in [6.07, 6.45) is 0. The lowest BCUT2D eigenvalue weighted by Crippen LogP contribution is -2.26. The number of hydrogen-bond donors (Lipinski definition) is 1. The van der Waals surface area contributed by atoms with Crippen molar-refractivity contribution >= 4 is 31.7 Å². The molecule has 8 heteroatoms. The minimum Gasteiger partial charge on any atom is -0.346 e. The summed E-state index contributed by atoms with van der Waals surface area (Å²) in [5.41, 5.74) is 1.08. The van der Waals surface area contributed by atoms with Crippen molar-refractivity contribution in [3.05, 3.63) is 64.1 Å². The fourth-order valence-electron chi connectivity index (χ4n) is 2.01. The molecule has 0 aromatic heterocycles. The molecule has 1 amide bonds. The SMILES string of the molecule is CC(NC(=O)c1ccc(S(=O)(=O)C(F)F)cc1)c1ccc(Br)cc1. The molecule has 0 saturated carbocycles. The first-order valence-corrected chi connectivity index (χ1v) is 9.24. The number of carbonyl (C=O) groups excluding carboxylic acids is 1. The third-order valence-electron chi connectivity index (χ3n) is 3.40. The lowest BCUT2D eigenvalue weighted by molar-refractivity contribution is 0.0940.